The van der Waals surface area contributed by atoms with Gasteiger partial charge in [0.2, 0.25) is 0 Å². The van der Waals surface area contributed by atoms with Gasteiger partial charge in [0.05, 0.1) is 29.5 Å². The molecule has 2 N–H and O–H groups in total. The van der Waals surface area contributed by atoms with Crippen molar-refractivity contribution in [2.45, 2.75) is 13.1 Å². The van der Waals surface area contributed by atoms with Gasteiger partial charge in [0.1, 0.15) is 12.1 Å². The fraction of sp³-hybridized carbons (Fsp3) is 0.235. The van der Waals surface area contributed by atoms with E-state index >= 15 is 0 Å². The van der Waals surface area contributed by atoms with Crippen molar-refractivity contribution >= 4 is 33.3 Å². The first kappa shape index (κ1) is 25.1. The van der Waals surface area contributed by atoms with Crippen molar-refractivity contribution < 1.29 is 5.11 Å². The smallest absolute Gasteiger partial charge is 0.141 e. The van der Waals surface area contributed by atoms with Gasteiger partial charge >= 0.3 is 0 Å². The average Bonchev–Trinajstić information content (AvgIpc) is 3.30. The molecule has 2 aliphatic rings. The lowest BCUT2D eigenvalue weighted by molar-refractivity contribution is 0.216. The molecule has 1 aliphatic carbocycles. The molecule has 8 nitrogen and oxygen atoms in total. The van der Waals surface area contributed by atoms with Crippen LogP contribution in [0.15, 0.2) is 97.6 Å². The van der Waals surface area contributed by atoms with E-state index in [9.17, 15) is 5.11 Å². The van der Waals surface area contributed by atoms with E-state index in [4.69, 9.17) is 4.98 Å². The van der Waals surface area contributed by atoms with Gasteiger partial charge in [-0.05, 0) is 65.3 Å². The Morgan fingerprint density at radius 3 is 2.48 bits per heavy atom. The van der Waals surface area contributed by atoms with Gasteiger partial charge in [-0.25, -0.2) is 9.97 Å². The maximum Gasteiger partial charge on any atom is 0.141 e. The summed E-state index contributed by atoms with van der Waals surface area (Å²) in [4.78, 5) is 16.3. The molecule has 1 saturated heterocycles. The molecule has 8 rings (SSSR count). The summed E-state index contributed by atoms with van der Waals surface area (Å²) in [7, 11) is 0. The van der Waals surface area contributed by atoms with Crippen molar-refractivity contribution in [1.29, 1.82) is 0 Å². The second-order valence-electron chi connectivity index (χ2n) is 11.5. The Hall–Kier alpha value is -4.66. The summed E-state index contributed by atoms with van der Waals surface area (Å²) >= 11 is 0. The Bertz CT molecular complexity index is 1870. The van der Waals surface area contributed by atoms with Gasteiger partial charge in [-0.2, -0.15) is 5.10 Å². The summed E-state index contributed by atoms with van der Waals surface area (Å²) < 4.78 is 2.03. The zero-order valence-corrected chi connectivity index (χ0v) is 23.1. The number of hydrogen-bond acceptors (Lipinski definition) is 7. The van der Waals surface area contributed by atoms with E-state index in [1.54, 1.807) is 6.33 Å². The van der Waals surface area contributed by atoms with Crippen LogP contribution in [0.4, 0.5) is 11.5 Å². The van der Waals surface area contributed by atoms with E-state index in [1.165, 1.54) is 5.56 Å². The van der Waals surface area contributed by atoms with E-state index in [2.05, 4.69) is 92.0 Å². The van der Waals surface area contributed by atoms with Crippen molar-refractivity contribution in [1.82, 2.24) is 29.6 Å². The van der Waals surface area contributed by atoms with E-state index in [-0.39, 0.29) is 0 Å². The summed E-state index contributed by atoms with van der Waals surface area (Å²) in [6.07, 6.45) is 5.47. The highest BCUT2D eigenvalue weighted by atomic mass is 16.3. The lowest BCUT2D eigenvalue weighted by atomic mass is 10.0. The molecule has 208 valence electrons. The number of nitrogens with zero attached hydrogens (tertiary/aromatic N) is 6. The molecule has 2 fully saturated rings. The summed E-state index contributed by atoms with van der Waals surface area (Å²) in [6, 6.07) is 27.2. The van der Waals surface area contributed by atoms with Crippen LogP contribution in [0.3, 0.4) is 0 Å². The summed E-state index contributed by atoms with van der Waals surface area (Å²) in [5.41, 5.74) is 7.35. The SMILES string of the molecule is OCC1C2CN(Cc3ccc(-c4ccc5ncnc(Nc6ccc7c(cnn7Cc7ccccc7)c6)c5c4)cn3)CC12. The van der Waals surface area contributed by atoms with Crippen molar-refractivity contribution in [3.05, 3.63) is 109 Å². The lowest BCUT2D eigenvalue weighted by Gasteiger charge is -2.18. The first-order valence-corrected chi connectivity index (χ1v) is 14.5. The molecule has 1 saturated carbocycles. The number of anilines is 2. The van der Waals surface area contributed by atoms with Crippen LogP contribution in [0, 0.1) is 17.8 Å². The highest BCUT2D eigenvalue weighted by Crippen LogP contribution is 2.51. The minimum Gasteiger partial charge on any atom is -0.396 e. The van der Waals surface area contributed by atoms with Gasteiger partial charge in [-0.15, -0.1) is 0 Å². The number of aliphatic hydroxyl groups excluding tert-OH is 1. The molecular weight excluding hydrogens is 522 g/mol. The molecule has 3 aromatic carbocycles. The van der Waals surface area contributed by atoms with Crippen LogP contribution < -0.4 is 5.32 Å². The number of likely N-dealkylation sites (tertiary alicyclic amines) is 1. The Balaban J connectivity index is 1.01. The Morgan fingerprint density at radius 1 is 0.810 bits per heavy atom. The normalized spacial score (nSPS) is 19.8. The zero-order chi connectivity index (χ0) is 28.0. The van der Waals surface area contributed by atoms with E-state index < -0.39 is 0 Å². The van der Waals surface area contributed by atoms with Crippen LogP contribution in [0.25, 0.3) is 32.9 Å². The largest absolute Gasteiger partial charge is 0.396 e. The highest BCUT2D eigenvalue weighted by molar-refractivity contribution is 5.94. The van der Waals surface area contributed by atoms with Crippen molar-refractivity contribution in [3.8, 4) is 11.1 Å². The number of nitrogens with one attached hydrogen (secondary N) is 1. The number of fused-ring (bicyclic) bond motifs is 3. The molecule has 0 spiro atoms. The van der Waals surface area contributed by atoms with Gasteiger partial charge < -0.3 is 10.4 Å². The van der Waals surface area contributed by atoms with Crippen LogP contribution in [0.5, 0.6) is 0 Å². The van der Waals surface area contributed by atoms with Crippen LogP contribution in [0.2, 0.25) is 0 Å². The minimum absolute atomic E-state index is 0.334. The van der Waals surface area contributed by atoms with Crippen LogP contribution in [-0.4, -0.2) is 54.4 Å². The second kappa shape index (κ2) is 10.3. The predicted molar refractivity (Wildman–Crippen MR) is 164 cm³/mol. The molecule has 0 amide bonds. The molecule has 2 unspecified atom stereocenters. The van der Waals surface area contributed by atoms with Gasteiger partial charge in [0.15, 0.2) is 0 Å². The molecular formula is C34H31N7O. The van der Waals surface area contributed by atoms with Crippen molar-refractivity contribution in [2.24, 2.45) is 17.8 Å². The van der Waals surface area contributed by atoms with Gasteiger partial charge in [-0.1, -0.05) is 42.5 Å². The number of hydrogen-bond donors (Lipinski definition) is 2. The van der Waals surface area contributed by atoms with Crippen LogP contribution in [0.1, 0.15) is 11.3 Å². The third-order valence-electron chi connectivity index (χ3n) is 8.92. The zero-order valence-electron chi connectivity index (χ0n) is 23.1. The number of piperidine rings is 1. The van der Waals surface area contributed by atoms with Gasteiger partial charge in [0.25, 0.3) is 0 Å². The third kappa shape index (κ3) is 4.68. The monoisotopic (exact) mass is 553 g/mol. The molecule has 6 aromatic rings. The molecule has 1 aliphatic heterocycles. The number of rotatable bonds is 8. The first-order valence-electron chi connectivity index (χ1n) is 14.5. The molecule has 0 radical (unpaired) electrons. The Labute approximate surface area is 243 Å². The number of aromatic nitrogens is 5. The fourth-order valence-electron chi connectivity index (χ4n) is 6.57. The molecule has 8 heteroatoms. The van der Waals surface area contributed by atoms with Crippen molar-refractivity contribution in [3.63, 3.8) is 0 Å². The fourth-order valence-corrected chi connectivity index (χ4v) is 6.57. The van der Waals surface area contributed by atoms with E-state index in [0.717, 1.165) is 76.3 Å². The molecule has 2 atom stereocenters. The number of aliphatic hydroxyl groups is 1. The number of pyridine rings is 1. The highest BCUT2D eigenvalue weighted by Gasteiger charge is 2.54. The molecule has 3 aromatic heterocycles. The number of benzene rings is 3. The summed E-state index contributed by atoms with van der Waals surface area (Å²) in [5, 5.41) is 19.6. The Kier molecular flexibility index (Phi) is 6.16. The van der Waals surface area contributed by atoms with Crippen LogP contribution >= 0.6 is 0 Å². The quantitative estimate of drug-likeness (QED) is 0.257. The Morgan fingerprint density at radius 2 is 1.67 bits per heavy atom. The molecule has 42 heavy (non-hydrogen) atoms. The first-order chi connectivity index (χ1) is 20.7. The van der Waals surface area contributed by atoms with E-state index in [1.807, 2.05) is 29.2 Å². The standard InChI is InChI=1S/C34H31N7O/c42-20-31-29-18-40(19-30(29)31)17-27-8-6-24(14-35-27)23-7-10-32-28(13-23)34(37-21-36-32)39-26-9-11-33-25(12-26)15-38-41(33)16-22-4-2-1-3-5-22/h1-15,21,29-31,42H,16-20H2,(H,36,37,39). The minimum atomic E-state index is 0.334. The van der Waals surface area contributed by atoms with E-state index in [0.29, 0.717) is 24.4 Å². The average molecular weight is 554 g/mol. The van der Waals surface area contributed by atoms with Crippen LogP contribution in [-0.2, 0) is 13.1 Å². The molecule has 0 bridgehead atoms. The lowest BCUT2D eigenvalue weighted by Crippen LogP contribution is -2.25. The maximum absolute atomic E-state index is 9.42. The predicted octanol–water partition coefficient (Wildman–Crippen LogP) is 5.50. The van der Waals surface area contributed by atoms with Gasteiger partial charge in [0, 0.05) is 54.5 Å². The third-order valence-corrected chi connectivity index (χ3v) is 8.92. The van der Waals surface area contributed by atoms with Crippen molar-refractivity contribution in [2.75, 3.05) is 25.0 Å². The summed E-state index contributed by atoms with van der Waals surface area (Å²) in [5.74, 6) is 2.64. The molecule has 4 heterocycles. The second-order valence-corrected chi connectivity index (χ2v) is 11.5. The summed E-state index contributed by atoms with van der Waals surface area (Å²) in [6.45, 7) is 4.07. The maximum atomic E-state index is 9.42. The topological polar surface area (TPSA) is 92.0 Å². The van der Waals surface area contributed by atoms with Gasteiger partial charge in [-0.3, -0.25) is 14.6 Å².